The van der Waals surface area contributed by atoms with Crippen LogP contribution in [0.3, 0.4) is 0 Å². The zero-order valence-electron chi connectivity index (χ0n) is 9.84. The molecule has 2 aromatic rings. The normalized spacial score (nSPS) is 10.7. The van der Waals surface area contributed by atoms with Crippen molar-refractivity contribution in [1.82, 2.24) is 9.55 Å². The van der Waals surface area contributed by atoms with Crippen LogP contribution < -0.4 is 11.2 Å². The molecule has 1 N–H and O–H groups in total. The van der Waals surface area contributed by atoms with Gasteiger partial charge in [0.05, 0.1) is 11.3 Å². The van der Waals surface area contributed by atoms with Gasteiger partial charge in [-0.05, 0) is 24.6 Å². The minimum absolute atomic E-state index is 0.0313. The van der Waals surface area contributed by atoms with Gasteiger partial charge in [0.15, 0.2) is 0 Å². The van der Waals surface area contributed by atoms with Crippen molar-refractivity contribution in [2.75, 3.05) is 0 Å². The highest BCUT2D eigenvalue weighted by atomic mass is 35.5. The van der Waals surface area contributed by atoms with Crippen molar-refractivity contribution in [3.8, 4) is 5.69 Å². The number of hydrogen-bond donors (Lipinski definition) is 1. The molecule has 0 unspecified atom stereocenters. The van der Waals surface area contributed by atoms with E-state index in [1.165, 1.54) is 12.1 Å². The number of halogens is 3. The molecule has 100 valence electrons. The largest absolute Gasteiger partial charge is 0.334 e. The Labute approximate surface area is 117 Å². The monoisotopic (exact) mass is 302 g/mol. The molecule has 7 heteroatoms. The van der Waals surface area contributed by atoms with E-state index in [0.29, 0.717) is 11.0 Å². The Morgan fingerprint density at radius 2 is 2.00 bits per heavy atom. The van der Waals surface area contributed by atoms with Gasteiger partial charge in [-0.25, -0.2) is 13.8 Å². The number of nitrogens with zero attached hydrogens (tertiary/aromatic N) is 1. The van der Waals surface area contributed by atoms with E-state index in [0.717, 1.165) is 6.07 Å². The van der Waals surface area contributed by atoms with Crippen LogP contribution in [0.2, 0.25) is 10.2 Å². The molecule has 2 rings (SSSR count). The van der Waals surface area contributed by atoms with E-state index in [2.05, 4.69) is 4.98 Å². The van der Waals surface area contributed by atoms with E-state index in [1.54, 1.807) is 6.92 Å². The Hall–Kier alpha value is -1.59. The SMILES string of the molecule is CCc1c(Cl)[nH]c(=O)n(-c2cc(Cl)ccc2F)c1=O. The van der Waals surface area contributed by atoms with Gasteiger partial charge in [-0.1, -0.05) is 30.1 Å². The van der Waals surface area contributed by atoms with E-state index < -0.39 is 17.1 Å². The Morgan fingerprint density at radius 1 is 1.32 bits per heavy atom. The number of benzene rings is 1. The lowest BCUT2D eigenvalue weighted by Crippen LogP contribution is -2.36. The van der Waals surface area contributed by atoms with Gasteiger partial charge in [0.2, 0.25) is 0 Å². The maximum Gasteiger partial charge on any atom is 0.334 e. The fraction of sp³-hybridized carbons (Fsp3) is 0.167. The standard InChI is InChI=1S/C12H9Cl2FN2O2/c1-2-7-10(14)16-12(19)17(11(7)18)9-5-6(13)3-4-8(9)15/h3-5H,2H2,1H3,(H,16,19). The van der Waals surface area contributed by atoms with Gasteiger partial charge in [0.25, 0.3) is 5.56 Å². The van der Waals surface area contributed by atoms with Crippen LogP contribution in [0.1, 0.15) is 12.5 Å². The molecule has 0 aliphatic rings. The summed E-state index contributed by atoms with van der Waals surface area (Å²) in [5, 5.41) is 0.187. The van der Waals surface area contributed by atoms with E-state index in [9.17, 15) is 14.0 Å². The zero-order valence-corrected chi connectivity index (χ0v) is 11.3. The molecular weight excluding hydrogens is 294 g/mol. The average molecular weight is 303 g/mol. The first-order chi connectivity index (χ1) is 8.95. The average Bonchev–Trinajstić information content (AvgIpc) is 2.33. The molecule has 1 heterocycles. The molecule has 0 spiro atoms. The minimum Gasteiger partial charge on any atom is -0.297 e. The predicted molar refractivity (Wildman–Crippen MR) is 72.0 cm³/mol. The van der Waals surface area contributed by atoms with Gasteiger partial charge in [0, 0.05) is 5.02 Å². The topological polar surface area (TPSA) is 54.9 Å². The van der Waals surface area contributed by atoms with Crippen molar-refractivity contribution in [1.29, 1.82) is 0 Å². The Morgan fingerprint density at radius 3 is 2.63 bits per heavy atom. The summed E-state index contributed by atoms with van der Waals surface area (Å²) in [5.41, 5.74) is -1.46. The second-order valence-corrected chi connectivity index (χ2v) is 4.63. The number of H-pyrrole nitrogens is 1. The quantitative estimate of drug-likeness (QED) is 0.867. The van der Waals surface area contributed by atoms with E-state index >= 15 is 0 Å². The first-order valence-electron chi connectivity index (χ1n) is 5.44. The predicted octanol–water partition coefficient (Wildman–Crippen LogP) is 2.53. The fourth-order valence-corrected chi connectivity index (χ4v) is 2.19. The second-order valence-electron chi connectivity index (χ2n) is 3.81. The highest BCUT2D eigenvalue weighted by Crippen LogP contribution is 2.17. The summed E-state index contributed by atoms with van der Waals surface area (Å²) in [6.07, 6.45) is 0.316. The lowest BCUT2D eigenvalue weighted by atomic mass is 10.2. The summed E-state index contributed by atoms with van der Waals surface area (Å²) in [6, 6.07) is 3.63. The van der Waals surface area contributed by atoms with Crippen LogP contribution in [-0.4, -0.2) is 9.55 Å². The lowest BCUT2D eigenvalue weighted by Gasteiger charge is -2.09. The molecule has 4 nitrogen and oxygen atoms in total. The van der Waals surface area contributed by atoms with Crippen LogP contribution in [0, 0.1) is 5.82 Å². The van der Waals surface area contributed by atoms with Crippen LogP contribution in [-0.2, 0) is 6.42 Å². The molecule has 0 atom stereocenters. The maximum absolute atomic E-state index is 13.7. The van der Waals surface area contributed by atoms with Crippen molar-refractivity contribution < 1.29 is 4.39 Å². The van der Waals surface area contributed by atoms with Crippen LogP contribution in [0.4, 0.5) is 4.39 Å². The third-order valence-electron chi connectivity index (χ3n) is 2.65. The molecule has 0 aliphatic heterocycles. The smallest absolute Gasteiger partial charge is 0.297 e. The lowest BCUT2D eigenvalue weighted by molar-refractivity contribution is 0.611. The van der Waals surface area contributed by atoms with Gasteiger partial charge in [-0.3, -0.25) is 9.78 Å². The van der Waals surface area contributed by atoms with E-state index in [1.807, 2.05) is 0 Å². The summed E-state index contributed by atoms with van der Waals surface area (Å²) in [6.45, 7) is 1.71. The third kappa shape index (κ3) is 2.43. The Kier molecular flexibility index (Phi) is 3.78. The molecule has 0 fully saturated rings. The van der Waals surface area contributed by atoms with Crippen molar-refractivity contribution in [3.63, 3.8) is 0 Å². The fourth-order valence-electron chi connectivity index (χ4n) is 1.73. The molecule has 19 heavy (non-hydrogen) atoms. The summed E-state index contributed by atoms with van der Waals surface area (Å²) >= 11 is 11.5. The Bertz CT molecular complexity index is 752. The van der Waals surface area contributed by atoms with Crippen LogP contribution in [0.5, 0.6) is 0 Å². The Balaban J connectivity index is 2.87. The highest BCUT2D eigenvalue weighted by Gasteiger charge is 2.15. The molecule has 1 aromatic carbocycles. The highest BCUT2D eigenvalue weighted by molar-refractivity contribution is 6.30. The maximum atomic E-state index is 13.7. The summed E-state index contributed by atoms with van der Waals surface area (Å²) in [4.78, 5) is 26.3. The zero-order chi connectivity index (χ0) is 14.2. The summed E-state index contributed by atoms with van der Waals surface area (Å²) in [7, 11) is 0. The molecular formula is C12H9Cl2FN2O2. The molecule has 1 aromatic heterocycles. The van der Waals surface area contributed by atoms with Gasteiger partial charge < -0.3 is 0 Å². The number of rotatable bonds is 2. The first-order valence-corrected chi connectivity index (χ1v) is 6.20. The third-order valence-corrected chi connectivity index (χ3v) is 3.21. The number of nitrogens with one attached hydrogen (secondary N) is 1. The minimum atomic E-state index is -0.812. The van der Waals surface area contributed by atoms with Crippen LogP contribution in [0.15, 0.2) is 27.8 Å². The molecule has 0 aliphatic carbocycles. The molecule has 0 amide bonds. The molecule has 0 saturated carbocycles. The second kappa shape index (κ2) is 5.19. The van der Waals surface area contributed by atoms with Crippen LogP contribution >= 0.6 is 23.2 Å². The van der Waals surface area contributed by atoms with Crippen molar-refractivity contribution >= 4 is 23.2 Å². The van der Waals surface area contributed by atoms with Crippen LogP contribution in [0.25, 0.3) is 5.69 Å². The van der Waals surface area contributed by atoms with Crippen molar-refractivity contribution in [2.45, 2.75) is 13.3 Å². The summed E-state index contributed by atoms with van der Waals surface area (Å²) < 4.78 is 14.4. The van der Waals surface area contributed by atoms with E-state index in [-0.39, 0.29) is 21.4 Å². The number of hydrogen-bond acceptors (Lipinski definition) is 2. The molecule has 0 saturated heterocycles. The van der Waals surface area contributed by atoms with Gasteiger partial charge in [-0.2, -0.15) is 0 Å². The van der Waals surface area contributed by atoms with Gasteiger partial charge in [0.1, 0.15) is 11.0 Å². The van der Waals surface area contributed by atoms with Crippen molar-refractivity contribution in [2.24, 2.45) is 0 Å². The van der Waals surface area contributed by atoms with Crippen molar-refractivity contribution in [3.05, 3.63) is 60.6 Å². The first kappa shape index (κ1) is 13.8. The van der Waals surface area contributed by atoms with Gasteiger partial charge >= 0.3 is 5.69 Å². The molecule has 0 bridgehead atoms. The summed E-state index contributed by atoms with van der Waals surface area (Å²) in [5.74, 6) is -0.721. The van der Waals surface area contributed by atoms with E-state index in [4.69, 9.17) is 23.2 Å². The van der Waals surface area contributed by atoms with Gasteiger partial charge in [-0.15, -0.1) is 0 Å². The molecule has 0 radical (unpaired) electrons. The number of aromatic nitrogens is 2. The number of aromatic amines is 1.